The van der Waals surface area contributed by atoms with Crippen molar-refractivity contribution in [3.63, 3.8) is 0 Å². The molecule has 4 nitrogen and oxygen atoms in total. The minimum atomic E-state index is -0.0678. The van der Waals surface area contributed by atoms with E-state index in [1.165, 1.54) is 6.92 Å². The molecule has 1 amide bonds. The number of nitrogens with one attached hydrogen (secondary N) is 1. The maximum atomic E-state index is 11.2. The van der Waals surface area contributed by atoms with Crippen molar-refractivity contribution in [2.75, 3.05) is 6.54 Å². The minimum absolute atomic E-state index is 0.0385. The van der Waals surface area contributed by atoms with Gasteiger partial charge in [-0.05, 0) is 26.7 Å². The van der Waals surface area contributed by atoms with Crippen LogP contribution in [0.3, 0.4) is 0 Å². The van der Waals surface area contributed by atoms with E-state index in [2.05, 4.69) is 5.32 Å². The third kappa shape index (κ3) is 10.9. The summed E-state index contributed by atoms with van der Waals surface area (Å²) in [7, 11) is 0. The Labute approximate surface area is 96.8 Å². The summed E-state index contributed by atoms with van der Waals surface area (Å²) >= 11 is 0. The smallest absolute Gasteiger partial charge is 0.220 e. The summed E-state index contributed by atoms with van der Waals surface area (Å²) in [5, 5.41) is 2.75. The van der Waals surface area contributed by atoms with E-state index in [9.17, 15) is 14.4 Å². The van der Waals surface area contributed by atoms with Crippen LogP contribution < -0.4 is 5.32 Å². The van der Waals surface area contributed by atoms with Gasteiger partial charge in [0, 0.05) is 25.8 Å². The monoisotopic (exact) mass is 227 g/mol. The van der Waals surface area contributed by atoms with Crippen LogP contribution >= 0.6 is 0 Å². The van der Waals surface area contributed by atoms with Crippen LogP contribution in [0.15, 0.2) is 0 Å². The molecule has 0 atom stereocenters. The SMILES string of the molecule is CC(=O)CCCCCNC(=O)CCC(C)=O. The van der Waals surface area contributed by atoms with Gasteiger partial charge in [-0.25, -0.2) is 0 Å². The van der Waals surface area contributed by atoms with E-state index in [4.69, 9.17) is 0 Å². The Morgan fingerprint density at radius 2 is 1.44 bits per heavy atom. The van der Waals surface area contributed by atoms with E-state index in [1.807, 2.05) is 0 Å². The summed E-state index contributed by atoms with van der Waals surface area (Å²) in [4.78, 5) is 32.4. The standard InChI is InChI=1S/C12H21NO3/c1-10(14)6-4-3-5-9-13-12(16)8-7-11(2)15/h3-9H2,1-2H3,(H,13,16). The van der Waals surface area contributed by atoms with Crippen molar-refractivity contribution >= 4 is 17.5 Å². The molecule has 0 aromatic rings. The molecule has 0 heterocycles. The zero-order valence-corrected chi connectivity index (χ0v) is 10.2. The minimum Gasteiger partial charge on any atom is -0.356 e. The molecule has 0 saturated heterocycles. The average molecular weight is 227 g/mol. The summed E-state index contributed by atoms with van der Waals surface area (Å²) in [5.41, 5.74) is 0. The lowest BCUT2D eigenvalue weighted by Gasteiger charge is -2.03. The van der Waals surface area contributed by atoms with E-state index >= 15 is 0 Å². The lowest BCUT2D eigenvalue weighted by molar-refractivity contribution is -0.124. The maximum Gasteiger partial charge on any atom is 0.220 e. The van der Waals surface area contributed by atoms with Gasteiger partial charge in [-0.1, -0.05) is 6.42 Å². The highest BCUT2D eigenvalue weighted by Gasteiger charge is 2.02. The zero-order chi connectivity index (χ0) is 12.4. The Kier molecular flexibility index (Phi) is 8.39. The van der Waals surface area contributed by atoms with Gasteiger partial charge in [0.1, 0.15) is 11.6 Å². The number of ketones is 2. The van der Waals surface area contributed by atoms with Gasteiger partial charge in [-0.2, -0.15) is 0 Å². The Hall–Kier alpha value is -1.19. The van der Waals surface area contributed by atoms with Gasteiger partial charge in [0.15, 0.2) is 0 Å². The first-order valence-corrected chi connectivity index (χ1v) is 5.78. The van der Waals surface area contributed by atoms with Crippen LogP contribution in [0.4, 0.5) is 0 Å². The summed E-state index contributed by atoms with van der Waals surface area (Å²) in [6.45, 7) is 3.70. The fourth-order valence-electron chi connectivity index (χ4n) is 1.28. The zero-order valence-electron chi connectivity index (χ0n) is 10.2. The first-order chi connectivity index (χ1) is 7.52. The largest absolute Gasteiger partial charge is 0.356 e. The fourth-order valence-corrected chi connectivity index (χ4v) is 1.28. The molecule has 0 aliphatic heterocycles. The molecule has 16 heavy (non-hydrogen) atoms. The highest BCUT2D eigenvalue weighted by molar-refractivity contribution is 5.83. The predicted molar refractivity (Wildman–Crippen MR) is 62.1 cm³/mol. The van der Waals surface area contributed by atoms with Gasteiger partial charge in [0.2, 0.25) is 5.91 Å². The van der Waals surface area contributed by atoms with Gasteiger partial charge < -0.3 is 14.9 Å². The molecular formula is C12H21NO3. The molecule has 0 aromatic heterocycles. The molecule has 0 saturated carbocycles. The van der Waals surface area contributed by atoms with Crippen LogP contribution in [0, 0.1) is 0 Å². The second-order valence-electron chi connectivity index (χ2n) is 4.06. The van der Waals surface area contributed by atoms with Crippen LogP contribution in [0.2, 0.25) is 0 Å². The van der Waals surface area contributed by atoms with Crippen molar-refractivity contribution in [1.29, 1.82) is 0 Å². The molecule has 0 unspecified atom stereocenters. The summed E-state index contributed by atoms with van der Waals surface area (Å²) in [6.07, 6.45) is 3.95. The number of carbonyl (C=O) groups is 3. The lowest BCUT2D eigenvalue weighted by Crippen LogP contribution is -2.24. The molecule has 0 radical (unpaired) electrons. The van der Waals surface area contributed by atoms with E-state index < -0.39 is 0 Å². The quantitative estimate of drug-likeness (QED) is 0.609. The van der Waals surface area contributed by atoms with Crippen molar-refractivity contribution in [1.82, 2.24) is 5.32 Å². The van der Waals surface area contributed by atoms with Crippen LogP contribution in [-0.4, -0.2) is 24.0 Å². The van der Waals surface area contributed by atoms with E-state index in [0.717, 1.165) is 19.3 Å². The van der Waals surface area contributed by atoms with Gasteiger partial charge in [-0.15, -0.1) is 0 Å². The number of hydrogen-bond donors (Lipinski definition) is 1. The van der Waals surface area contributed by atoms with Crippen molar-refractivity contribution in [2.45, 2.75) is 52.4 Å². The average Bonchev–Trinajstić information content (AvgIpc) is 2.19. The Morgan fingerprint density at radius 1 is 0.812 bits per heavy atom. The number of Topliss-reactive ketones (excluding diaryl/α,β-unsaturated/α-hetero) is 2. The van der Waals surface area contributed by atoms with Crippen molar-refractivity contribution in [3.8, 4) is 0 Å². The predicted octanol–water partition coefficient (Wildman–Crippen LogP) is 1.62. The molecule has 0 aliphatic carbocycles. The van der Waals surface area contributed by atoms with Gasteiger partial charge in [-0.3, -0.25) is 4.79 Å². The molecule has 92 valence electrons. The molecule has 0 bridgehead atoms. The number of carbonyl (C=O) groups excluding carboxylic acids is 3. The number of rotatable bonds is 9. The third-order valence-electron chi connectivity index (χ3n) is 2.23. The van der Waals surface area contributed by atoms with Crippen LogP contribution in [0.5, 0.6) is 0 Å². The van der Waals surface area contributed by atoms with Gasteiger partial charge in [0.05, 0.1) is 0 Å². The van der Waals surface area contributed by atoms with E-state index in [-0.39, 0.29) is 23.9 Å². The van der Waals surface area contributed by atoms with Crippen molar-refractivity contribution < 1.29 is 14.4 Å². The Bertz CT molecular complexity index is 249. The number of unbranched alkanes of at least 4 members (excludes halogenated alkanes) is 2. The maximum absolute atomic E-state index is 11.2. The lowest BCUT2D eigenvalue weighted by atomic mass is 10.1. The molecule has 1 N–H and O–H groups in total. The van der Waals surface area contributed by atoms with Gasteiger partial charge in [0.25, 0.3) is 0 Å². The summed E-state index contributed by atoms with van der Waals surface area (Å²) < 4.78 is 0. The summed E-state index contributed by atoms with van der Waals surface area (Å²) in [5.74, 6) is 0.184. The third-order valence-corrected chi connectivity index (χ3v) is 2.23. The molecule has 0 aromatic carbocycles. The second-order valence-corrected chi connectivity index (χ2v) is 4.06. The number of amides is 1. The van der Waals surface area contributed by atoms with Crippen LogP contribution in [0.1, 0.15) is 52.4 Å². The van der Waals surface area contributed by atoms with Gasteiger partial charge >= 0.3 is 0 Å². The van der Waals surface area contributed by atoms with Crippen LogP contribution in [0.25, 0.3) is 0 Å². The number of hydrogen-bond acceptors (Lipinski definition) is 3. The summed E-state index contributed by atoms with van der Waals surface area (Å²) in [6, 6.07) is 0. The molecule has 4 heteroatoms. The Balaban J connectivity index is 3.27. The first kappa shape index (κ1) is 14.8. The highest BCUT2D eigenvalue weighted by atomic mass is 16.2. The highest BCUT2D eigenvalue weighted by Crippen LogP contribution is 1.99. The van der Waals surface area contributed by atoms with Crippen molar-refractivity contribution in [3.05, 3.63) is 0 Å². The van der Waals surface area contributed by atoms with Crippen molar-refractivity contribution in [2.24, 2.45) is 0 Å². The molecular weight excluding hydrogens is 206 g/mol. The van der Waals surface area contributed by atoms with E-state index in [0.29, 0.717) is 19.4 Å². The normalized spacial score (nSPS) is 9.88. The Morgan fingerprint density at radius 3 is 2.00 bits per heavy atom. The molecule has 0 rings (SSSR count). The van der Waals surface area contributed by atoms with E-state index in [1.54, 1.807) is 6.92 Å². The first-order valence-electron chi connectivity index (χ1n) is 5.78. The topological polar surface area (TPSA) is 63.2 Å². The fraction of sp³-hybridized carbons (Fsp3) is 0.750. The second kappa shape index (κ2) is 9.07. The van der Waals surface area contributed by atoms with Crippen LogP contribution in [-0.2, 0) is 14.4 Å². The molecule has 0 aliphatic rings. The molecule has 0 fully saturated rings. The molecule has 0 spiro atoms.